The number of carbonyl (C=O) groups excluding carboxylic acids is 2. The lowest BCUT2D eigenvalue weighted by atomic mass is 10.0. The predicted molar refractivity (Wildman–Crippen MR) is 103 cm³/mol. The van der Waals surface area contributed by atoms with E-state index in [1.165, 1.54) is 6.07 Å². The molecule has 1 aromatic rings. The highest BCUT2D eigenvalue weighted by molar-refractivity contribution is 5.94. The van der Waals surface area contributed by atoms with Gasteiger partial charge in [-0.25, -0.2) is 13.6 Å². The molecule has 3 amide bonds. The molecule has 1 rings (SSSR count). The fourth-order valence-corrected chi connectivity index (χ4v) is 2.86. The van der Waals surface area contributed by atoms with E-state index in [-0.39, 0.29) is 18.3 Å². The predicted octanol–water partition coefficient (Wildman–Crippen LogP) is 2.96. The highest BCUT2D eigenvalue weighted by atomic mass is 19.2. The van der Waals surface area contributed by atoms with Gasteiger partial charge in [-0.2, -0.15) is 0 Å². The lowest BCUT2D eigenvalue weighted by Gasteiger charge is -2.31. The van der Waals surface area contributed by atoms with Crippen LogP contribution in [0.3, 0.4) is 0 Å². The first-order chi connectivity index (χ1) is 12.8. The fourth-order valence-electron chi connectivity index (χ4n) is 2.86. The normalized spacial score (nSPS) is 12.1. The maximum Gasteiger partial charge on any atom is 0.315 e. The summed E-state index contributed by atoms with van der Waals surface area (Å²) in [6, 6.07) is 2.83. The van der Waals surface area contributed by atoms with Crippen LogP contribution in [-0.2, 0) is 4.79 Å². The van der Waals surface area contributed by atoms with Crippen LogP contribution in [0.15, 0.2) is 18.2 Å². The molecule has 152 valence electrons. The average molecular weight is 384 g/mol. The third-order valence-corrected chi connectivity index (χ3v) is 4.18. The van der Waals surface area contributed by atoms with Gasteiger partial charge in [0.15, 0.2) is 11.6 Å². The molecule has 0 aromatic heterocycles. The van der Waals surface area contributed by atoms with Crippen LogP contribution >= 0.6 is 0 Å². The smallest absolute Gasteiger partial charge is 0.315 e. The van der Waals surface area contributed by atoms with E-state index in [0.29, 0.717) is 12.5 Å². The van der Waals surface area contributed by atoms with Crippen molar-refractivity contribution in [1.82, 2.24) is 15.5 Å². The molecule has 0 aliphatic heterocycles. The van der Waals surface area contributed by atoms with Gasteiger partial charge in [-0.1, -0.05) is 27.7 Å². The Hall–Kier alpha value is -2.22. The van der Waals surface area contributed by atoms with Gasteiger partial charge < -0.3 is 16.0 Å². The van der Waals surface area contributed by atoms with Crippen molar-refractivity contribution in [2.75, 3.05) is 31.5 Å². The first kappa shape index (κ1) is 22.8. The Bertz CT molecular complexity index is 622. The highest BCUT2D eigenvalue weighted by Gasteiger charge is 2.18. The topological polar surface area (TPSA) is 73.5 Å². The summed E-state index contributed by atoms with van der Waals surface area (Å²) in [7, 11) is 0. The van der Waals surface area contributed by atoms with E-state index in [4.69, 9.17) is 0 Å². The third kappa shape index (κ3) is 8.34. The Morgan fingerprint density at radius 2 is 1.74 bits per heavy atom. The van der Waals surface area contributed by atoms with Gasteiger partial charge in [0, 0.05) is 24.3 Å². The molecule has 1 atom stereocenters. The summed E-state index contributed by atoms with van der Waals surface area (Å²) in [6.45, 7) is 10.4. The quantitative estimate of drug-likeness (QED) is 0.581. The van der Waals surface area contributed by atoms with Crippen molar-refractivity contribution in [1.29, 1.82) is 0 Å². The summed E-state index contributed by atoms with van der Waals surface area (Å²) >= 11 is 0. The molecule has 0 spiro atoms. The Morgan fingerprint density at radius 1 is 1.07 bits per heavy atom. The number of nitrogens with one attached hydrogen (secondary N) is 3. The average Bonchev–Trinajstić information content (AvgIpc) is 2.61. The number of carbonyl (C=O) groups is 2. The van der Waals surface area contributed by atoms with Crippen molar-refractivity contribution >= 4 is 17.6 Å². The molecule has 0 radical (unpaired) electrons. The number of anilines is 1. The molecule has 27 heavy (non-hydrogen) atoms. The van der Waals surface area contributed by atoms with Crippen molar-refractivity contribution in [3.8, 4) is 0 Å². The number of benzene rings is 1. The van der Waals surface area contributed by atoms with E-state index in [2.05, 4.69) is 48.5 Å². The van der Waals surface area contributed by atoms with E-state index < -0.39 is 23.6 Å². The van der Waals surface area contributed by atoms with E-state index in [1.54, 1.807) is 0 Å². The van der Waals surface area contributed by atoms with Crippen molar-refractivity contribution < 1.29 is 18.4 Å². The highest BCUT2D eigenvalue weighted by Crippen LogP contribution is 2.13. The molecule has 0 fully saturated rings. The van der Waals surface area contributed by atoms with Crippen molar-refractivity contribution in [2.45, 2.75) is 40.2 Å². The first-order valence-corrected chi connectivity index (χ1v) is 9.27. The van der Waals surface area contributed by atoms with Crippen molar-refractivity contribution in [3.63, 3.8) is 0 Å². The molecule has 0 heterocycles. The molecular formula is C19H30F2N4O2. The second-order valence-electron chi connectivity index (χ2n) is 6.75. The summed E-state index contributed by atoms with van der Waals surface area (Å²) in [5, 5.41) is 7.65. The Kier molecular flexibility index (Phi) is 9.71. The van der Waals surface area contributed by atoms with Gasteiger partial charge in [0.05, 0.1) is 6.54 Å². The van der Waals surface area contributed by atoms with Gasteiger partial charge in [-0.3, -0.25) is 9.69 Å². The van der Waals surface area contributed by atoms with Gasteiger partial charge in [-0.15, -0.1) is 0 Å². The standard InChI is InChI=1S/C19H30F2N4O2/c1-5-25(6-2)15(9-13(3)4)11-22-19(27)23-12-18(26)24-14-7-8-16(20)17(21)10-14/h7-8,10,13,15H,5-6,9,11-12H2,1-4H3,(H,24,26)(H2,22,23,27). The lowest BCUT2D eigenvalue weighted by Crippen LogP contribution is -2.48. The van der Waals surface area contributed by atoms with Gasteiger partial charge in [0.1, 0.15) is 0 Å². The Morgan fingerprint density at radius 3 is 2.30 bits per heavy atom. The van der Waals surface area contributed by atoms with Crippen LogP contribution in [0.5, 0.6) is 0 Å². The van der Waals surface area contributed by atoms with Crippen molar-refractivity contribution in [2.24, 2.45) is 5.92 Å². The van der Waals surface area contributed by atoms with Gasteiger partial charge in [0.2, 0.25) is 5.91 Å². The van der Waals surface area contributed by atoms with E-state index in [9.17, 15) is 18.4 Å². The molecule has 8 heteroatoms. The monoisotopic (exact) mass is 384 g/mol. The molecule has 3 N–H and O–H groups in total. The fraction of sp³-hybridized carbons (Fsp3) is 0.579. The number of nitrogens with zero attached hydrogens (tertiary/aromatic N) is 1. The summed E-state index contributed by atoms with van der Waals surface area (Å²) in [4.78, 5) is 26.1. The van der Waals surface area contributed by atoms with E-state index in [0.717, 1.165) is 31.6 Å². The molecule has 0 saturated carbocycles. The zero-order chi connectivity index (χ0) is 20.4. The number of halogens is 2. The minimum atomic E-state index is -1.05. The summed E-state index contributed by atoms with van der Waals surface area (Å²) in [5.74, 6) is -2.07. The van der Waals surface area contributed by atoms with Crippen LogP contribution in [0.4, 0.5) is 19.3 Å². The maximum absolute atomic E-state index is 13.1. The Balaban J connectivity index is 2.43. The summed E-state index contributed by atoms with van der Waals surface area (Å²) < 4.78 is 26.0. The number of hydrogen-bond donors (Lipinski definition) is 3. The summed E-state index contributed by atoms with van der Waals surface area (Å²) in [6.07, 6.45) is 0.957. The zero-order valence-corrected chi connectivity index (χ0v) is 16.4. The van der Waals surface area contributed by atoms with E-state index >= 15 is 0 Å². The zero-order valence-electron chi connectivity index (χ0n) is 16.4. The minimum Gasteiger partial charge on any atom is -0.337 e. The minimum absolute atomic E-state index is 0.125. The van der Waals surface area contributed by atoms with Crippen LogP contribution < -0.4 is 16.0 Å². The SMILES string of the molecule is CCN(CC)C(CNC(=O)NCC(=O)Nc1ccc(F)c(F)c1)CC(C)C. The van der Waals surface area contributed by atoms with Gasteiger partial charge in [-0.05, 0) is 37.6 Å². The lowest BCUT2D eigenvalue weighted by molar-refractivity contribution is -0.115. The van der Waals surface area contributed by atoms with Crippen LogP contribution in [0.1, 0.15) is 34.1 Å². The number of amides is 3. The first-order valence-electron chi connectivity index (χ1n) is 9.27. The van der Waals surface area contributed by atoms with Gasteiger partial charge >= 0.3 is 6.03 Å². The third-order valence-electron chi connectivity index (χ3n) is 4.18. The van der Waals surface area contributed by atoms with Crippen LogP contribution in [0, 0.1) is 17.6 Å². The number of urea groups is 1. The second kappa shape index (κ2) is 11.5. The molecule has 0 aliphatic rings. The Labute approximate surface area is 159 Å². The van der Waals surface area contributed by atoms with Crippen LogP contribution in [-0.4, -0.2) is 49.1 Å². The summed E-state index contributed by atoms with van der Waals surface area (Å²) in [5.41, 5.74) is 0.125. The number of likely N-dealkylation sites (N-methyl/N-ethyl adjacent to an activating group) is 1. The van der Waals surface area contributed by atoms with Gasteiger partial charge in [0.25, 0.3) is 0 Å². The van der Waals surface area contributed by atoms with E-state index in [1.807, 2.05) is 0 Å². The largest absolute Gasteiger partial charge is 0.337 e. The molecule has 0 saturated heterocycles. The second-order valence-corrected chi connectivity index (χ2v) is 6.75. The number of rotatable bonds is 10. The maximum atomic E-state index is 13.1. The molecule has 1 unspecified atom stereocenters. The van der Waals surface area contributed by atoms with Crippen molar-refractivity contribution in [3.05, 3.63) is 29.8 Å². The molecular weight excluding hydrogens is 354 g/mol. The molecule has 6 nitrogen and oxygen atoms in total. The van der Waals surface area contributed by atoms with Crippen LogP contribution in [0.2, 0.25) is 0 Å². The molecule has 1 aromatic carbocycles. The number of hydrogen-bond acceptors (Lipinski definition) is 3. The molecule has 0 aliphatic carbocycles. The van der Waals surface area contributed by atoms with Crippen LogP contribution in [0.25, 0.3) is 0 Å². The molecule has 0 bridgehead atoms.